The number of aromatic nitrogens is 5. The Morgan fingerprint density at radius 1 is 1.00 bits per heavy atom. The van der Waals surface area contributed by atoms with Crippen LogP contribution in [0.25, 0.3) is 38.8 Å². The zero-order valence-corrected chi connectivity index (χ0v) is 18.2. The van der Waals surface area contributed by atoms with Crippen molar-refractivity contribution in [2.45, 2.75) is 6.18 Å². The summed E-state index contributed by atoms with van der Waals surface area (Å²) in [6, 6.07) is 13.7. The maximum Gasteiger partial charge on any atom is 0.405 e. The van der Waals surface area contributed by atoms with E-state index in [0.29, 0.717) is 28.0 Å². The second-order valence-corrected chi connectivity index (χ2v) is 7.63. The predicted molar refractivity (Wildman–Crippen MR) is 125 cm³/mol. The van der Waals surface area contributed by atoms with E-state index >= 15 is 0 Å². The van der Waals surface area contributed by atoms with Crippen LogP contribution in [0.4, 0.5) is 19.1 Å². The number of halogens is 3. The second kappa shape index (κ2) is 8.67. The molecule has 0 amide bonds. The number of fused-ring (bicyclic) bond motifs is 2. The average Bonchev–Trinajstić information content (AvgIpc) is 2.86. The molecule has 3 aromatic heterocycles. The zero-order chi connectivity index (χ0) is 24.6. The first kappa shape index (κ1) is 22.3. The van der Waals surface area contributed by atoms with Gasteiger partial charge in [-0.05, 0) is 48.0 Å². The topological polar surface area (TPSA) is 94.8 Å². The van der Waals surface area contributed by atoms with Crippen molar-refractivity contribution < 1.29 is 17.9 Å². The zero-order valence-electron chi connectivity index (χ0n) is 18.2. The van der Waals surface area contributed by atoms with Crippen LogP contribution in [-0.2, 0) is 0 Å². The molecule has 0 bridgehead atoms. The molecule has 0 spiro atoms. The van der Waals surface area contributed by atoms with E-state index in [-0.39, 0.29) is 11.6 Å². The van der Waals surface area contributed by atoms with Crippen LogP contribution in [0, 0.1) is 0 Å². The predicted octanol–water partition coefficient (Wildman–Crippen LogP) is 4.37. The van der Waals surface area contributed by atoms with E-state index in [1.807, 2.05) is 0 Å². The molecule has 35 heavy (non-hydrogen) atoms. The van der Waals surface area contributed by atoms with Gasteiger partial charge in [-0.3, -0.25) is 9.36 Å². The third-order valence-corrected chi connectivity index (χ3v) is 5.33. The highest BCUT2D eigenvalue weighted by molar-refractivity contribution is 5.87. The standard InChI is InChI=1S/C24H17F3N6O2/c1-35-18-5-3-17(4-6-18)33-21-16(11-29-23(32-21)30-12-24(25,26)27)9-19(22(33)34)14-2-7-20-15(8-14)10-28-13-31-20/h2-11,13H,12H2,1H3,(H,29,30,32). The summed E-state index contributed by atoms with van der Waals surface area (Å²) in [5.74, 6) is 0.339. The van der Waals surface area contributed by atoms with E-state index in [9.17, 15) is 18.0 Å². The van der Waals surface area contributed by atoms with Crippen LogP contribution in [0.5, 0.6) is 5.75 Å². The first-order valence-electron chi connectivity index (χ1n) is 10.4. The highest BCUT2D eigenvalue weighted by Crippen LogP contribution is 2.26. The Bertz CT molecular complexity index is 1600. The van der Waals surface area contributed by atoms with E-state index < -0.39 is 18.3 Å². The number of hydrogen-bond donors (Lipinski definition) is 1. The molecule has 0 fully saturated rings. The Labute approximate surface area is 196 Å². The fourth-order valence-electron chi connectivity index (χ4n) is 3.69. The number of alkyl halides is 3. The molecule has 11 heteroatoms. The van der Waals surface area contributed by atoms with Crippen molar-refractivity contribution in [1.29, 1.82) is 0 Å². The van der Waals surface area contributed by atoms with Crippen molar-refractivity contribution in [3.8, 4) is 22.6 Å². The molecule has 0 aliphatic carbocycles. The molecule has 5 rings (SSSR count). The Balaban J connectivity index is 1.73. The number of benzene rings is 2. The second-order valence-electron chi connectivity index (χ2n) is 7.63. The molecular weight excluding hydrogens is 461 g/mol. The fraction of sp³-hybridized carbons (Fsp3) is 0.125. The molecule has 176 valence electrons. The van der Waals surface area contributed by atoms with E-state index in [1.165, 1.54) is 24.2 Å². The molecular formula is C24H17F3N6O2. The van der Waals surface area contributed by atoms with Gasteiger partial charge in [0, 0.05) is 28.7 Å². The normalized spacial score (nSPS) is 11.7. The van der Waals surface area contributed by atoms with Crippen LogP contribution >= 0.6 is 0 Å². The SMILES string of the molecule is COc1ccc(-n2c(=O)c(-c3ccc4ncncc4c3)cc3cnc(NCC(F)(F)F)nc32)cc1. The molecule has 1 N–H and O–H groups in total. The van der Waals surface area contributed by atoms with Crippen LogP contribution < -0.4 is 15.6 Å². The number of hydrogen-bond acceptors (Lipinski definition) is 7. The van der Waals surface area contributed by atoms with E-state index in [4.69, 9.17) is 4.74 Å². The van der Waals surface area contributed by atoms with E-state index in [2.05, 4.69) is 25.3 Å². The molecule has 0 radical (unpaired) electrons. The van der Waals surface area contributed by atoms with Crippen LogP contribution in [0.2, 0.25) is 0 Å². The number of nitrogens with one attached hydrogen (secondary N) is 1. The number of anilines is 1. The first-order chi connectivity index (χ1) is 16.8. The maximum atomic E-state index is 13.7. The third kappa shape index (κ3) is 4.47. The molecule has 8 nitrogen and oxygen atoms in total. The largest absolute Gasteiger partial charge is 0.497 e. The minimum Gasteiger partial charge on any atom is -0.497 e. The quantitative estimate of drug-likeness (QED) is 0.401. The molecule has 2 aromatic carbocycles. The summed E-state index contributed by atoms with van der Waals surface area (Å²) in [4.78, 5) is 30.2. The highest BCUT2D eigenvalue weighted by Gasteiger charge is 2.27. The Kier molecular flexibility index (Phi) is 5.51. The Morgan fingerprint density at radius 3 is 2.54 bits per heavy atom. The summed E-state index contributed by atoms with van der Waals surface area (Å²) in [7, 11) is 1.52. The van der Waals surface area contributed by atoms with E-state index in [1.54, 1.807) is 54.7 Å². The molecule has 0 unspecified atom stereocenters. The Hall–Kier alpha value is -4.54. The van der Waals surface area contributed by atoms with Gasteiger partial charge in [0.25, 0.3) is 5.56 Å². The highest BCUT2D eigenvalue weighted by atomic mass is 19.4. The van der Waals surface area contributed by atoms with Gasteiger partial charge in [0.2, 0.25) is 5.95 Å². The van der Waals surface area contributed by atoms with Gasteiger partial charge >= 0.3 is 6.18 Å². The smallest absolute Gasteiger partial charge is 0.405 e. The van der Waals surface area contributed by atoms with Crippen molar-refractivity contribution in [1.82, 2.24) is 24.5 Å². The van der Waals surface area contributed by atoms with Crippen molar-refractivity contribution in [3.63, 3.8) is 0 Å². The minimum absolute atomic E-state index is 0.160. The van der Waals surface area contributed by atoms with Gasteiger partial charge in [-0.25, -0.2) is 15.0 Å². The first-order valence-corrected chi connectivity index (χ1v) is 10.4. The number of rotatable bonds is 5. The Morgan fingerprint density at radius 2 is 1.80 bits per heavy atom. The van der Waals surface area contributed by atoms with Gasteiger partial charge in [0.15, 0.2) is 5.65 Å². The van der Waals surface area contributed by atoms with Crippen LogP contribution in [0.1, 0.15) is 0 Å². The molecule has 0 atom stereocenters. The van der Waals surface area contributed by atoms with Crippen molar-refractivity contribution in [3.05, 3.63) is 77.6 Å². The van der Waals surface area contributed by atoms with Gasteiger partial charge in [0.1, 0.15) is 18.6 Å². The third-order valence-electron chi connectivity index (χ3n) is 5.33. The molecule has 5 aromatic rings. The van der Waals surface area contributed by atoms with Gasteiger partial charge in [-0.1, -0.05) is 6.07 Å². The van der Waals surface area contributed by atoms with Gasteiger partial charge in [-0.15, -0.1) is 0 Å². The summed E-state index contributed by atoms with van der Waals surface area (Å²) < 4.78 is 44.6. The lowest BCUT2D eigenvalue weighted by atomic mass is 10.0. The lowest BCUT2D eigenvalue weighted by Crippen LogP contribution is -2.24. The number of ether oxygens (including phenoxy) is 1. The van der Waals surface area contributed by atoms with Crippen molar-refractivity contribution >= 4 is 27.9 Å². The summed E-state index contributed by atoms with van der Waals surface area (Å²) in [6.45, 7) is -1.30. The van der Waals surface area contributed by atoms with Crippen LogP contribution in [-0.4, -0.2) is 44.3 Å². The average molecular weight is 478 g/mol. The van der Waals surface area contributed by atoms with Crippen molar-refractivity contribution in [2.24, 2.45) is 0 Å². The lowest BCUT2D eigenvalue weighted by Gasteiger charge is -2.14. The monoisotopic (exact) mass is 478 g/mol. The van der Waals surface area contributed by atoms with Crippen LogP contribution in [0.15, 0.2) is 72.0 Å². The summed E-state index contributed by atoms with van der Waals surface area (Å²) in [5.41, 5.74) is 1.93. The van der Waals surface area contributed by atoms with E-state index in [0.717, 1.165) is 10.9 Å². The summed E-state index contributed by atoms with van der Waals surface area (Å²) >= 11 is 0. The lowest BCUT2D eigenvalue weighted by molar-refractivity contribution is -0.115. The van der Waals surface area contributed by atoms with Gasteiger partial charge in [0.05, 0.1) is 18.3 Å². The van der Waals surface area contributed by atoms with Crippen LogP contribution in [0.3, 0.4) is 0 Å². The molecule has 0 saturated carbocycles. The minimum atomic E-state index is -4.45. The fourth-order valence-corrected chi connectivity index (χ4v) is 3.69. The molecule has 0 saturated heterocycles. The number of methoxy groups -OCH3 is 1. The van der Waals surface area contributed by atoms with Crippen molar-refractivity contribution in [2.75, 3.05) is 19.0 Å². The molecule has 0 aliphatic rings. The summed E-state index contributed by atoms with van der Waals surface area (Å²) in [5, 5.41) is 3.39. The van der Waals surface area contributed by atoms with Gasteiger partial charge < -0.3 is 10.1 Å². The summed E-state index contributed by atoms with van der Waals surface area (Å²) in [6.07, 6.45) is 0.0266. The number of nitrogens with zero attached hydrogens (tertiary/aromatic N) is 5. The molecule has 3 heterocycles. The van der Waals surface area contributed by atoms with Gasteiger partial charge in [-0.2, -0.15) is 18.2 Å². The molecule has 0 aliphatic heterocycles. The number of pyridine rings is 1. The maximum absolute atomic E-state index is 13.7.